The van der Waals surface area contributed by atoms with Crippen molar-refractivity contribution in [2.45, 2.75) is 6.54 Å². The Morgan fingerprint density at radius 2 is 2.18 bits per heavy atom. The van der Waals surface area contributed by atoms with Gasteiger partial charge in [-0.15, -0.1) is 11.3 Å². The summed E-state index contributed by atoms with van der Waals surface area (Å²) in [5.74, 6) is 4.13. The first-order valence-corrected chi connectivity index (χ1v) is 9.16. The Kier molecular flexibility index (Phi) is 6.19. The average Bonchev–Trinajstić information content (AvgIpc) is 3.06. The third kappa shape index (κ3) is 4.63. The molecule has 1 amide bonds. The lowest BCUT2D eigenvalue weighted by Crippen LogP contribution is -2.24. The van der Waals surface area contributed by atoms with Gasteiger partial charge in [0.1, 0.15) is 11.0 Å². The molecule has 0 saturated carbocycles. The van der Waals surface area contributed by atoms with E-state index in [0.717, 1.165) is 22.0 Å². The summed E-state index contributed by atoms with van der Waals surface area (Å²) in [6, 6.07) is 5.93. The van der Waals surface area contributed by atoms with Crippen molar-refractivity contribution >= 4 is 34.5 Å². The Labute approximate surface area is 167 Å². The maximum atomic E-state index is 13.7. The van der Waals surface area contributed by atoms with Crippen molar-refractivity contribution in [1.82, 2.24) is 9.55 Å². The fourth-order valence-electron chi connectivity index (χ4n) is 2.26. The van der Waals surface area contributed by atoms with Crippen LogP contribution in [-0.2, 0) is 6.54 Å². The molecular formula is C19H12ClF2N3O2S. The molecule has 0 spiro atoms. The monoisotopic (exact) mass is 419 g/mol. The van der Waals surface area contributed by atoms with Crippen molar-refractivity contribution in [3.63, 3.8) is 0 Å². The highest BCUT2D eigenvalue weighted by Crippen LogP contribution is 2.27. The number of halogens is 3. The highest BCUT2D eigenvalue weighted by molar-refractivity contribution is 7.18. The second-order valence-corrected chi connectivity index (χ2v) is 7.16. The van der Waals surface area contributed by atoms with Gasteiger partial charge in [0, 0.05) is 30.2 Å². The zero-order chi connectivity index (χ0) is 20.1. The first-order chi connectivity index (χ1) is 13.5. The van der Waals surface area contributed by atoms with Gasteiger partial charge in [-0.25, -0.2) is 8.78 Å². The van der Waals surface area contributed by atoms with Crippen LogP contribution in [0.5, 0.6) is 0 Å². The Morgan fingerprint density at radius 1 is 1.36 bits per heavy atom. The first-order valence-electron chi connectivity index (χ1n) is 7.96. The smallest absolute Gasteiger partial charge is 0.286 e. The largest absolute Gasteiger partial charge is 0.320 e. The van der Waals surface area contributed by atoms with E-state index in [1.807, 2.05) is 0 Å². The molecule has 0 aromatic carbocycles. The summed E-state index contributed by atoms with van der Waals surface area (Å²) in [6.07, 6.45) is 4.41. The summed E-state index contributed by atoms with van der Waals surface area (Å²) >= 11 is 7.16. The normalized spacial score (nSPS) is 10.2. The Balaban J connectivity index is 1.81. The predicted molar refractivity (Wildman–Crippen MR) is 104 cm³/mol. The number of hydrogen-bond donors (Lipinski definition) is 1. The quantitative estimate of drug-likeness (QED) is 0.655. The molecule has 3 aromatic heterocycles. The molecule has 142 valence electrons. The molecule has 0 aliphatic carbocycles. The summed E-state index contributed by atoms with van der Waals surface area (Å²) < 4.78 is 27.4. The summed E-state index contributed by atoms with van der Waals surface area (Å²) in [5.41, 5.74) is 0.237. The van der Waals surface area contributed by atoms with Gasteiger partial charge < -0.3 is 9.88 Å². The van der Waals surface area contributed by atoms with E-state index in [1.165, 1.54) is 12.3 Å². The molecule has 0 aliphatic rings. The van der Waals surface area contributed by atoms with Gasteiger partial charge in [-0.05, 0) is 18.2 Å². The van der Waals surface area contributed by atoms with Crippen molar-refractivity contribution in [3.8, 4) is 11.8 Å². The first kappa shape index (κ1) is 19.7. The molecule has 9 heteroatoms. The minimum atomic E-state index is -1.08. The van der Waals surface area contributed by atoms with E-state index in [1.54, 1.807) is 24.5 Å². The molecule has 3 rings (SSSR count). The van der Waals surface area contributed by atoms with Crippen LogP contribution in [0.3, 0.4) is 0 Å². The van der Waals surface area contributed by atoms with Gasteiger partial charge in [0.05, 0.1) is 22.7 Å². The lowest BCUT2D eigenvalue weighted by atomic mass is 10.2. The van der Waals surface area contributed by atoms with Gasteiger partial charge in [-0.3, -0.25) is 14.6 Å². The number of carbonyl (C=O) groups is 1. The number of rotatable bonds is 4. The number of carbonyl (C=O) groups excluding carboxylic acids is 1. The van der Waals surface area contributed by atoms with E-state index in [0.29, 0.717) is 15.5 Å². The Morgan fingerprint density at radius 3 is 2.89 bits per heavy atom. The Hall–Kier alpha value is -3.02. The van der Waals surface area contributed by atoms with E-state index in [4.69, 9.17) is 11.6 Å². The summed E-state index contributed by atoms with van der Waals surface area (Å²) in [4.78, 5) is 28.2. The maximum Gasteiger partial charge on any atom is 0.286 e. The molecule has 0 atom stereocenters. The molecule has 1 N–H and O–H groups in total. The standard InChI is InChI=1S/C19H12ClF2N3O2S/c20-17-13(4-3-12-2-1-6-23-10-12)8-16(28-17)18(26)24-14-9-15(22)19(27)25(11-14)7-5-21/h1-2,6,8-11H,5,7H2,(H,24,26). The highest BCUT2D eigenvalue weighted by atomic mass is 35.5. The highest BCUT2D eigenvalue weighted by Gasteiger charge is 2.15. The van der Waals surface area contributed by atoms with Crippen molar-refractivity contribution in [2.24, 2.45) is 0 Å². The van der Waals surface area contributed by atoms with Gasteiger partial charge in [0.25, 0.3) is 11.5 Å². The van der Waals surface area contributed by atoms with Gasteiger partial charge in [0.15, 0.2) is 5.82 Å². The zero-order valence-electron chi connectivity index (χ0n) is 14.2. The zero-order valence-corrected chi connectivity index (χ0v) is 15.8. The van der Waals surface area contributed by atoms with E-state index in [9.17, 15) is 18.4 Å². The Bertz CT molecular complexity index is 1130. The summed E-state index contributed by atoms with van der Waals surface area (Å²) in [5, 5.41) is 2.47. The molecule has 0 unspecified atom stereocenters. The number of aromatic nitrogens is 2. The van der Waals surface area contributed by atoms with Gasteiger partial charge in [0.2, 0.25) is 0 Å². The van der Waals surface area contributed by atoms with E-state index in [-0.39, 0.29) is 17.1 Å². The number of nitrogens with one attached hydrogen (secondary N) is 1. The topological polar surface area (TPSA) is 64.0 Å². The van der Waals surface area contributed by atoms with Crippen LogP contribution >= 0.6 is 22.9 Å². The number of amides is 1. The van der Waals surface area contributed by atoms with Crippen molar-refractivity contribution < 1.29 is 13.6 Å². The predicted octanol–water partition coefficient (Wildman–Crippen LogP) is 3.72. The number of anilines is 1. The average molecular weight is 420 g/mol. The maximum absolute atomic E-state index is 13.7. The van der Waals surface area contributed by atoms with Crippen LogP contribution in [0.15, 0.2) is 47.7 Å². The van der Waals surface area contributed by atoms with E-state index in [2.05, 4.69) is 22.1 Å². The number of pyridine rings is 2. The van der Waals surface area contributed by atoms with Crippen LogP contribution in [0, 0.1) is 17.7 Å². The van der Waals surface area contributed by atoms with Gasteiger partial charge in [-0.2, -0.15) is 0 Å². The van der Waals surface area contributed by atoms with Gasteiger partial charge in [-0.1, -0.05) is 23.4 Å². The molecule has 0 saturated heterocycles. The van der Waals surface area contributed by atoms with Crippen LogP contribution < -0.4 is 10.9 Å². The molecule has 0 bridgehead atoms. The molecule has 5 nitrogen and oxygen atoms in total. The van der Waals surface area contributed by atoms with Crippen LogP contribution in [-0.4, -0.2) is 22.1 Å². The number of nitrogens with zero attached hydrogens (tertiary/aromatic N) is 2. The van der Waals surface area contributed by atoms with Crippen LogP contribution in [0.25, 0.3) is 0 Å². The lowest BCUT2D eigenvalue weighted by Gasteiger charge is -2.08. The number of alkyl halides is 1. The van der Waals surface area contributed by atoms with Crippen LogP contribution in [0.4, 0.5) is 14.5 Å². The third-order valence-electron chi connectivity index (χ3n) is 3.54. The van der Waals surface area contributed by atoms with Crippen molar-refractivity contribution in [2.75, 3.05) is 12.0 Å². The fourth-order valence-corrected chi connectivity index (χ4v) is 3.34. The molecule has 0 fully saturated rings. The van der Waals surface area contributed by atoms with Crippen molar-refractivity contribution in [1.29, 1.82) is 0 Å². The molecule has 28 heavy (non-hydrogen) atoms. The second-order valence-electron chi connectivity index (χ2n) is 5.51. The van der Waals surface area contributed by atoms with Crippen LogP contribution in [0.1, 0.15) is 20.8 Å². The van der Waals surface area contributed by atoms with E-state index < -0.39 is 24.0 Å². The molecule has 3 aromatic rings. The molecule has 0 radical (unpaired) electrons. The fraction of sp³-hybridized carbons (Fsp3) is 0.105. The van der Waals surface area contributed by atoms with E-state index >= 15 is 0 Å². The number of aryl methyl sites for hydroxylation is 1. The number of hydrogen-bond acceptors (Lipinski definition) is 4. The van der Waals surface area contributed by atoms with Gasteiger partial charge >= 0.3 is 0 Å². The number of thiophene rings is 1. The SMILES string of the molecule is O=C(Nc1cc(F)c(=O)n(CCF)c1)c1cc(C#Cc2cccnc2)c(Cl)s1. The summed E-state index contributed by atoms with van der Waals surface area (Å²) in [7, 11) is 0. The molecule has 3 heterocycles. The second kappa shape index (κ2) is 8.78. The summed E-state index contributed by atoms with van der Waals surface area (Å²) in [6.45, 7) is -1.14. The minimum Gasteiger partial charge on any atom is -0.320 e. The third-order valence-corrected chi connectivity index (χ3v) is 4.90. The van der Waals surface area contributed by atoms with Crippen LogP contribution in [0.2, 0.25) is 4.34 Å². The molecule has 0 aliphatic heterocycles. The van der Waals surface area contributed by atoms with Crippen molar-refractivity contribution in [3.05, 3.63) is 79.4 Å². The minimum absolute atomic E-state index is 0.0306. The lowest BCUT2D eigenvalue weighted by molar-refractivity contribution is 0.103. The molecular weight excluding hydrogens is 408 g/mol.